The van der Waals surface area contributed by atoms with Crippen LogP contribution in [0.5, 0.6) is 5.75 Å². The summed E-state index contributed by atoms with van der Waals surface area (Å²) in [6.45, 7) is 3.10. The number of nitrogens with one attached hydrogen (secondary N) is 1. The van der Waals surface area contributed by atoms with Gasteiger partial charge >= 0.3 is 6.61 Å². The molecule has 7 heteroatoms. The minimum atomic E-state index is -2.88. The molecule has 0 spiro atoms. The van der Waals surface area contributed by atoms with Gasteiger partial charge in [-0.05, 0) is 38.5 Å². The first-order valence-corrected chi connectivity index (χ1v) is 7.68. The van der Waals surface area contributed by atoms with Crippen molar-refractivity contribution in [1.82, 2.24) is 9.78 Å². The highest BCUT2D eigenvalue weighted by Crippen LogP contribution is 2.39. The van der Waals surface area contributed by atoms with Crippen LogP contribution in [0.4, 0.5) is 14.6 Å². The summed E-state index contributed by atoms with van der Waals surface area (Å²) in [4.78, 5) is 12.1. The van der Waals surface area contributed by atoms with Gasteiger partial charge in [-0.15, -0.1) is 0 Å². The molecule has 0 saturated carbocycles. The molecule has 0 unspecified atom stereocenters. The van der Waals surface area contributed by atoms with E-state index in [-0.39, 0.29) is 29.5 Å². The summed E-state index contributed by atoms with van der Waals surface area (Å²) < 4.78 is 31.1. The Morgan fingerprint density at radius 3 is 2.79 bits per heavy atom. The molecular formula is C17H19F2N3O2. The highest BCUT2D eigenvalue weighted by molar-refractivity contribution is 5.94. The maximum atomic E-state index is 12.4. The average molecular weight is 335 g/mol. The van der Waals surface area contributed by atoms with E-state index in [0.717, 1.165) is 11.1 Å². The Labute approximate surface area is 138 Å². The lowest BCUT2D eigenvalue weighted by atomic mass is 9.87. The lowest BCUT2D eigenvalue weighted by Crippen LogP contribution is -2.30. The van der Waals surface area contributed by atoms with Crippen LogP contribution in [0.3, 0.4) is 0 Å². The molecule has 5 nitrogen and oxygen atoms in total. The fraction of sp³-hybridized carbons (Fsp3) is 0.412. The van der Waals surface area contributed by atoms with Gasteiger partial charge in [0.15, 0.2) is 0 Å². The molecular weight excluding hydrogens is 316 g/mol. The molecule has 2 heterocycles. The van der Waals surface area contributed by atoms with Crippen molar-refractivity contribution in [2.45, 2.75) is 45.3 Å². The van der Waals surface area contributed by atoms with E-state index in [9.17, 15) is 13.6 Å². The standard InChI is InChI=1S/C17H19F2N3O2/c1-17(2,3)22-15-13(9-20-22)12(8-14(23)21-15)10-5-4-6-11(7-10)24-16(18)19/h4-7,9,12,16H,8H2,1-3H3,(H,21,23)/t12-/m0/s1. The fourth-order valence-electron chi connectivity index (χ4n) is 2.93. The Bertz CT molecular complexity index is 765. The number of carbonyl (C=O) groups is 1. The fourth-order valence-corrected chi connectivity index (χ4v) is 2.93. The van der Waals surface area contributed by atoms with Crippen LogP contribution in [0, 0.1) is 0 Å². The van der Waals surface area contributed by atoms with E-state index in [1.807, 2.05) is 20.8 Å². The number of halogens is 2. The predicted molar refractivity (Wildman–Crippen MR) is 85.4 cm³/mol. The third-order valence-electron chi connectivity index (χ3n) is 3.94. The van der Waals surface area contributed by atoms with Crippen molar-refractivity contribution >= 4 is 11.7 Å². The first-order valence-electron chi connectivity index (χ1n) is 7.68. The van der Waals surface area contributed by atoms with Gasteiger partial charge in [0.1, 0.15) is 11.6 Å². The zero-order chi connectivity index (χ0) is 17.5. The molecule has 1 aromatic heterocycles. The van der Waals surface area contributed by atoms with E-state index < -0.39 is 6.61 Å². The summed E-state index contributed by atoms with van der Waals surface area (Å²) in [6.07, 6.45) is 1.96. The van der Waals surface area contributed by atoms with Gasteiger partial charge in [-0.1, -0.05) is 12.1 Å². The van der Waals surface area contributed by atoms with Crippen LogP contribution in [0.1, 0.15) is 44.2 Å². The monoisotopic (exact) mass is 335 g/mol. The van der Waals surface area contributed by atoms with Crippen LogP contribution < -0.4 is 10.1 Å². The molecule has 1 N–H and O–H groups in total. The molecule has 2 aromatic rings. The number of carbonyl (C=O) groups excluding carboxylic acids is 1. The third kappa shape index (κ3) is 3.11. The van der Waals surface area contributed by atoms with Crippen LogP contribution in [0.15, 0.2) is 30.5 Å². The number of alkyl halides is 2. The highest BCUT2D eigenvalue weighted by atomic mass is 19.3. The lowest BCUT2D eigenvalue weighted by Gasteiger charge is -2.28. The second kappa shape index (κ2) is 5.89. The first kappa shape index (κ1) is 16.4. The van der Waals surface area contributed by atoms with E-state index in [1.165, 1.54) is 6.07 Å². The smallest absolute Gasteiger partial charge is 0.387 e. The second-order valence-corrected chi connectivity index (χ2v) is 6.79. The molecule has 3 rings (SSSR count). The summed E-state index contributed by atoms with van der Waals surface area (Å²) in [5.74, 6) is 0.368. The van der Waals surface area contributed by atoms with Crippen molar-refractivity contribution in [3.05, 3.63) is 41.6 Å². The molecule has 1 aliphatic rings. The van der Waals surface area contributed by atoms with Gasteiger partial charge in [-0.3, -0.25) is 4.79 Å². The van der Waals surface area contributed by atoms with E-state index in [0.29, 0.717) is 5.82 Å². The Hall–Kier alpha value is -2.44. The van der Waals surface area contributed by atoms with Gasteiger partial charge < -0.3 is 10.1 Å². The molecule has 0 saturated heterocycles. The summed E-state index contributed by atoms with van der Waals surface area (Å²) >= 11 is 0. The number of hydrogen-bond acceptors (Lipinski definition) is 3. The maximum Gasteiger partial charge on any atom is 0.387 e. The van der Waals surface area contributed by atoms with Crippen molar-refractivity contribution < 1.29 is 18.3 Å². The summed E-state index contributed by atoms with van der Waals surface area (Å²) in [6, 6.07) is 6.47. The SMILES string of the molecule is CC(C)(C)n1ncc2c1NC(=O)C[C@H]2c1cccc(OC(F)F)c1. The van der Waals surface area contributed by atoms with Crippen LogP contribution in [-0.4, -0.2) is 22.3 Å². The normalized spacial score (nSPS) is 17.6. The average Bonchev–Trinajstić information content (AvgIpc) is 2.89. The molecule has 0 aliphatic carbocycles. The van der Waals surface area contributed by atoms with E-state index >= 15 is 0 Å². The van der Waals surface area contributed by atoms with Crippen LogP contribution in [-0.2, 0) is 10.3 Å². The van der Waals surface area contributed by atoms with E-state index in [4.69, 9.17) is 0 Å². The van der Waals surface area contributed by atoms with E-state index in [2.05, 4.69) is 15.2 Å². The van der Waals surface area contributed by atoms with Crippen LogP contribution in [0.2, 0.25) is 0 Å². The zero-order valence-corrected chi connectivity index (χ0v) is 13.7. The molecule has 128 valence electrons. The number of benzene rings is 1. The molecule has 0 bridgehead atoms. The molecule has 0 radical (unpaired) electrons. The number of aromatic nitrogens is 2. The second-order valence-electron chi connectivity index (χ2n) is 6.79. The molecule has 0 fully saturated rings. The van der Waals surface area contributed by atoms with Gasteiger partial charge in [0, 0.05) is 17.9 Å². The Balaban J connectivity index is 2.02. The molecule has 1 aromatic carbocycles. The van der Waals surface area contributed by atoms with Gasteiger partial charge in [-0.25, -0.2) is 4.68 Å². The van der Waals surface area contributed by atoms with Gasteiger partial charge in [0.2, 0.25) is 5.91 Å². The maximum absolute atomic E-state index is 12.4. The van der Waals surface area contributed by atoms with Crippen LogP contribution >= 0.6 is 0 Å². The largest absolute Gasteiger partial charge is 0.435 e. The Morgan fingerprint density at radius 1 is 1.38 bits per heavy atom. The molecule has 1 atom stereocenters. The van der Waals surface area contributed by atoms with Crippen LogP contribution in [0.25, 0.3) is 0 Å². The Morgan fingerprint density at radius 2 is 2.12 bits per heavy atom. The van der Waals surface area contributed by atoms with Crippen molar-refractivity contribution in [3.8, 4) is 5.75 Å². The minimum absolute atomic E-state index is 0.0817. The first-order chi connectivity index (χ1) is 11.3. The topological polar surface area (TPSA) is 56.2 Å². The number of anilines is 1. The lowest BCUT2D eigenvalue weighted by molar-refractivity contribution is -0.116. The number of ether oxygens (including phenoxy) is 1. The summed E-state index contributed by atoms with van der Waals surface area (Å²) in [5, 5.41) is 7.27. The summed E-state index contributed by atoms with van der Waals surface area (Å²) in [5.41, 5.74) is 1.33. The number of rotatable bonds is 3. The van der Waals surface area contributed by atoms with Gasteiger partial charge in [0.25, 0.3) is 0 Å². The number of hydrogen-bond donors (Lipinski definition) is 1. The Kier molecular flexibility index (Phi) is 4.03. The van der Waals surface area contributed by atoms with Crippen molar-refractivity contribution in [2.75, 3.05) is 5.32 Å². The van der Waals surface area contributed by atoms with Crippen molar-refractivity contribution in [3.63, 3.8) is 0 Å². The highest BCUT2D eigenvalue weighted by Gasteiger charge is 2.32. The molecule has 1 amide bonds. The third-order valence-corrected chi connectivity index (χ3v) is 3.94. The van der Waals surface area contributed by atoms with Crippen molar-refractivity contribution in [1.29, 1.82) is 0 Å². The van der Waals surface area contributed by atoms with Gasteiger partial charge in [-0.2, -0.15) is 13.9 Å². The molecule has 24 heavy (non-hydrogen) atoms. The van der Waals surface area contributed by atoms with Crippen molar-refractivity contribution in [2.24, 2.45) is 0 Å². The summed E-state index contributed by atoms with van der Waals surface area (Å²) in [7, 11) is 0. The predicted octanol–water partition coefficient (Wildman–Crippen LogP) is 3.71. The number of fused-ring (bicyclic) bond motifs is 1. The van der Waals surface area contributed by atoms with Gasteiger partial charge in [0.05, 0.1) is 11.7 Å². The van der Waals surface area contributed by atoms with E-state index in [1.54, 1.807) is 29.1 Å². The number of amides is 1. The molecule has 1 aliphatic heterocycles. The quantitative estimate of drug-likeness (QED) is 0.930. The zero-order valence-electron chi connectivity index (χ0n) is 13.7. The minimum Gasteiger partial charge on any atom is -0.435 e. The number of nitrogens with zero attached hydrogens (tertiary/aromatic N) is 2.